The Labute approximate surface area is 216 Å². The average Bonchev–Trinajstić information content (AvgIpc) is 2.84. The van der Waals surface area contributed by atoms with Crippen LogP contribution in [0.3, 0.4) is 0 Å². The van der Waals surface area contributed by atoms with Crippen LogP contribution in [0.5, 0.6) is 5.75 Å². The standard InChI is InChI=1S/C30H45N3O3/c1-32-18-9-12-25(21-32)23-33(22-24-10-5-3-2-4-6-11-24)30(35)13-7-8-19-36-27-15-16-28-26(20-27)14-17-29(34)31-28/h14-17,20,24-25H,2-13,18-19,21-23H2,1H3,(H,31,34). The average molecular weight is 496 g/mol. The molecule has 0 radical (unpaired) electrons. The zero-order valence-corrected chi connectivity index (χ0v) is 22.2. The van der Waals surface area contributed by atoms with Gasteiger partial charge in [0.25, 0.3) is 0 Å². The van der Waals surface area contributed by atoms with E-state index in [9.17, 15) is 9.59 Å². The Kier molecular flexibility index (Phi) is 10.3. The second-order valence-corrected chi connectivity index (χ2v) is 11.2. The Morgan fingerprint density at radius 3 is 2.53 bits per heavy atom. The Hall–Kier alpha value is -2.34. The maximum atomic E-state index is 13.4. The number of rotatable bonds is 10. The molecule has 2 heterocycles. The molecule has 1 unspecified atom stereocenters. The van der Waals surface area contributed by atoms with E-state index in [1.165, 1.54) is 70.4 Å². The minimum Gasteiger partial charge on any atom is -0.494 e. The fraction of sp³-hybridized carbons (Fsp3) is 0.667. The van der Waals surface area contributed by atoms with E-state index in [2.05, 4.69) is 21.8 Å². The number of H-pyrrole nitrogens is 1. The first-order chi connectivity index (χ1) is 17.6. The van der Waals surface area contributed by atoms with Crippen LogP contribution < -0.4 is 10.3 Å². The number of pyridine rings is 1. The molecule has 1 aromatic heterocycles. The van der Waals surface area contributed by atoms with Gasteiger partial charge >= 0.3 is 0 Å². The molecule has 2 fully saturated rings. The monoisotopic (exact) mass is 495 g/mol. The third kappa shape index (κ3) is 8.36. The first-order valence-corrected chi connectivity index (χ1v) is 14.3. The summed E-state index contributed by atoms with van der Waals surface area (Å²) in [4.78, 5) is 32.3. The van der Waals surface area contributed by atoms with E-state index in [1.54, 1.807) is 0 Å². The molecule has 36 heavy (non-hydrogen) atoms. The summed E-state index contributed by atoms with van der Waals surface area (Å²) in [5.74, 6) is 2.40. The number of benzene rings is 1. The summed E-state index contributed by atoms with van der Waals surface area (Å²) in [6, 6.07) is 9.07. The van der Waals surface area contributed by atoms with Crippen molar-refractivity contribution in [2.45, 2.75) is 77.0 Å². The third-order valence-electron chi connectivity index (χ3n) is 8.01. The molecular weight excluding hydrogens is 450 g/mol. The van der Waals surface area contributed by atoms with Gasteiger partial charge in [0, 0.05) is 43.0 Å². The van der Waals surface area contributed by atoms with Crippen molar-refractivity contribution in [3.8, 4) is 5.75 Å². The van der Waals surface area contributed by atoms with Crippen LogP contribution in [0.2, 0.25) is 0 Å². The number of aromatic nitrogens is 1. The van der Waals surface area contributed by atoms with E-state index in [4.69, 9.17) is 4.74 Å². The van der Waals surface area contributed by atoms with Gasteiger partial charge in [0.05, 0.1) is 6.61 Å². The molecule has 198 valence electrons. The maximum Gasteiger partial charge on any atom is 0.248 e. The summed E-state index contributed by atoms with van der Waals surface area (Å²) >= 11 is 0. The molecule has 0 spiro atoms. The van der Waals surface area contributed by atoms with Gasteiger partial charge in [-0.2, -0.15) is 0 Å². The normalized spacial score (nSPS) is 20.1. The number of fused-ring (bicyclic) bond motifs is 1. The van der Waals surface area contributed by atoms with Crippen molar-refractivity contribution >= 4 is 16.8 Å². The van der Waals surface area contributed by atoms with Gasteiger partial charge in [-0.05, 0) is 88.2 Å². The predicted molar refractivity (Wildman–Crippen MR) is 147 cm³/mol. The Morgan fingerprint density at radius 1 is 0.972 bits per heavy atom. The van der Waals surface area contributed by atoms with Gasteiger partial charge in [0.1, 0.15) is 5.75 Å². The Balaban J connectivity index is 1.25. The van der Waals surface area contributed by atoms with E-state index in [1.807, 2.05) is 24.3 Å². The fourth-order valence-corrected chi connectivity index (χ4v) is 6.00. The van der Waals surface area contributed by atoms with E-state index in [0.29, 0.717) is 30.8 Å². The minimum atomic E-state index is -0.0973. The van der Waals surface area contributed by atoms with Crippen LogP contribution >= 0.6 is 0 Å². The maximum absolute atomic E-state index is 13.4. The highest BCUT2D eigenvalue weighted by Crippen LogP contribution is 2.25. The number of unbranched alkanes of at least 4 members (excludes halogenated alkanes) is 1. The summed E-state index contributed by atoms with van der Waals surface area (Å²) in [6.45, 7) is 4.77. The topological polar surface area (TPSA) is 65.6 Å². The largest absolute Gasteiger partial charge is 0.494 e. The molecule has 1 aliphatic carbocycles. The van der Waals surface area contributed by atoms with Crippen molar-refractivity contribution in [2.24, 2.45) is 11.8 Å². The van der Waals surface area contributed by atoms with Gasteiger partial charge < -0.3 is 19.5 Å². The lowest BCUT2D eigenvalue weighted by Crippen LogP contribution is -2.43. The van der Waals surface area contributed by atoms with Crippen molar-refractivity contribution < 1.29 is 9.53 Å². The summed E-state index contributed by atoms with van der Waals surface area (Å²) in [6.07, 6.45) is 14.1. The summed E-state index contributed by atoms with van der Waals surface area (Å²) in [5.41, 5.74) is 0.717. The highest BCUT2D eigenvalue weighted by atomic mass is 16.5. The van der Waals surface area contributed by atoms with Crippen LogP contribution in [0.1, 0.15) is 77.0 Å². The number of piperidine rings is 1. The van der Waals surface area contributed by atoms with E-state index >= 15 is 0 Å². The van der Waals surface area contributed by atoms with Crippen molar-refractivity contribution in [3.63, 3.8) is 0 Å². The van der Waals surface area contributed by atoms with E-state index < -0.39 is 0 Å². The molecule has 2 aromatic rings. The van der Waals surface area contributed by atoms with Crippen molar-refractivity contribution in [1.29, 1.82) is 0 Å². The summed E-state index contributed by atoms with van der Waals surface area (Å²) < 4.78 is 5.94. The second-order valence-electron chi connectivity index (χ2n) is 11.2. The number of amides is 1. The predicted octanol–water partition coefficient (Wildman–Crippen LogP) is 5.61. The first kappa shape index (κ1) is 26.7. The number of nitrogens with one attached hydrogen (secondary N) is 1. The van der Waals surface area contributed by atoms with Crippen LogP contribution in [-0.4, -0.2) is 60.5 Å². The Morgan fingerprint density at radius 2 is 1.72 bits per heavy atom. The van der Waals surface area contributed by atoms with Gasteiger partial charge in [0.15, 0.2) is 0 Å². The first-order valence-electron chi connectivity index (χ1n) is 14.3. The lowest BCUT2D eigenvalue weighted by atomic mass is 9.90. The molecule has 0 bridgehead atoms. The van der Waals surface area contributed by atoms with Crippen LogP contribution in [0.4, 0.5) is 0 Å². The highest BCUT2D eigenvalue weighted by molar-refractivity contribution is 5.79. The van der Waals surface area contributed by atoms with E-state index in [-0.39, 0.29) is 5.56 Å². The zero-order chi connectivity index (χ0) is 25.2. The van der Waals surface area contributed by atoms with Crippen LogP contribution in [0.25, 0.3) is 10.9 Å². The number of hydrogen-bond acceptors (Lipinski definition) is 4. The number of carbonyl (C=O) groups excluding carboxylic acids is 1. The van der Waals surface area contributed by atoms with Gasteiger partial charge in [-0.3, -0.25) is 9.59 Å². The fourth-order valence-electron chi connectivity index (χ4n) is 6.00. The SMILES string of the molecule is CN1CCCC(CN(CC2CCCCCCC2)C(=O)CCCCOc2ccc3[nH]c(=O)ccc3c2)C1. The molecular formula is C30H45N3O3. The van der Waals surface area contributed by atoms with Gasteiger partial charge in [-0.1, -0.05) is 32.1 Å². The Bertz CT molecular complexity index is 1010. The van der Waals surface area contributed by atoms with Gasteiger partial charge in [-0.25, -0.2) is 0 Å². The second kappa shape index (κ2) is 13.8. The summed E-state index contributed by atoms with van der Waals surface area (Å²) in [7, 11) is 2.21. The van der Waals surface area contributed by atoms with Gasteiger partial charge in [0.2, 0.25) is 11.5 Å². The number of nitrogens with zero attached hydrogens (tertiary/aromatic N) is 2. The summed E-state index contributed by atoms with van der Waals surface area (Å²) in [5, 5.41) is 0.959. The quantitative estimate of drug-likeness (QED) is 0.435. The van der Waals surface area contributed by atoms with Crippen LogP contribution in [0.15, 0.2) is 35.1 Å². The van der Waals surface area contributed by atoms with Crippen molar-refractivity contribution in [3.05, 3.63) is 40.7 Å². The minimum absolute atomic E-state index is 0.0973. The number of carbonyl (C=O) groups is 1. The molecule has 1 saturated heterocycles. The van der Waals surface area contributed by atoms with Crippen molar-refractivity contribution in [2.75, 3.05) is 39.8 Å². The number of ether oxygens (including phenoxy) is 1. The smallest absolute Gasteiger partial charge is 0.248 e. The molecule has 1 aliphatic heterocycles. The number of likely N-dealkylation sites (tertiary alicyclic amines) is 1. The molecule has 1 N–H and O–H groups in total. The van der Waals surface area contributed by atoms with Crippen molar-refractivity contribution in [1.82, 2.24) is 14.8 Å². The van der Waals surface area contributed by atoms with Crippen LogP contribution in [-0.2, 0) is 4.79 Å². The lowest BCUT2D eigenvalue weighted by Gasteiger charge is -2.36. The number of hydrogen-bond donors (Lipinski definition) is 1. The molecule has 6 heteroatoms. The molecule has 4 rings (SSSR count). The molecule has 1 saturated carbocycles. The molecule has 1 amide bonds. The third-order valence-corrected chi connectivity index (χ3v) is 8.01. The molecule has 2 aliphatic rings. The lowest BCUT2D eigenvalue weighted by molar-refractivity contribution is -0.133. The molecule has 1 aromatic carbocycles. The highest BCUT2D eigenvalue weighted by Gasteiger charge is 2.25. The zero-order valence-electron chi connectivity index (χ0n) is 22.2. The van der Waals surface area contributed by atoms with E-state index in [0.717, 1.165) is 49.1 Å². The molecule has 6 nitrogen and oxygen atoms in total. The number of aromatic amines is 1. The van der Waals surface area contributed by atoms with Gasteiger partial charge in [-0.15, -0.1) is 0 Å². The van der Waals surface area contributed by atoms with Crippen LogP contribution in [0, 0.1) is 11.8 Å². The molecule has 1 atom stereocenters.